The number of rotatable bonds is 5. The van der Waals surface area contributed by atoms with E-state index in [1.807, 2.05) is 26.0 Å². The first kappa shape index (κ1) is 12.7. The molecule has 0 aromatic rings. The van der Waals surface area contributed by atoms with Gasteiger partial charge in [-0.25, -0.2) is 0 Å². The molecule has 0 saturated carbocycles. The van der Waals surface area contributed by atoms with Gasteiger partial charge in [0.2, 0.25) is 5.91 Å². The van der Waals surface area contributed by atoms with E-state index in [-0.39, 0.29) is 5.91 Å². The van der Waals surface area contributed by atoms with Crippen molar-refractivity contribution < 1.29 is 4.79 Å². The van der Waals surface area contributed by atoms with Gasteiger partial charge in [-0.1, -0.05) is 24.8 Å². The Morgan fingerprint density at radius 2 is 2.07 bits per heavy atom. The summed E-state index contributed by atoms with van der Waals surface area (Å²) in [6.45, 7) is 9.94. The maximum absolute atomic E-state index is 10.7. The Labute approximate surface area is 86.4 Å². The fourth-order valence-electron chi connectivity index (χ4n) is 1.12. The molecule has 0 fully saturated rings. The van der Waals surface area contributed by atoms with Gasteiger partial charge in [-0.15, -0.1) is 0 Å². The zero-order valence-corrected chi connectivity index (χ0v) is 9.26. The lowest BCUT2D eigenvalue weighted by atomic mass is 10.1. The molecule has 0 saturated heterocycles. The number of carbonyl (C=O) groups is 1. The molecule has 0 aromatic heterocycles. The van der Waals surface area contributed by atoms with Crippen molar-refractivity contribution in [2.75, 3.05) is 6.54 Å². The zero-order valence-electron chi connectivity index (χ0n) is 9.26. The molecule has 14 heavy (non-hydrogen) atoms. The molecule has 0 aliphatic rings. The van der Waals surface area contributed by atoms with Crippen LogP contribution in [0.5, 0.6) is 0 Å². The number of nitrogens with one attached hydrogen (secondary N) is 1. The summed E-state index contributed by atoms with van der Waals surface area (Å²) in [4.78, 5) is 10.7. The van der Waals surface area contributed by atoms with Crippen LogP contribution in [0, 0.1) is 0 Å². The molecule has 78 valence electrons. The third kappa shape index (κ3) is 5.36. The summed E-state index contributed by atoms with van der Waals surface area (Å²) in [5, 5.41) is 2.77. The van der Waals surface area contributed by atoms with Crippen molar-refractivity contribution >= 4 is 5.91 Å². The fraction of sp³-hybridized carbons (Fsp3) is 0.417. The molecule has 0 rings (SSSR count). The molecule has 2 nitrogen and oxygen atoms in total. The predicted octanol–water partition coefficient (Wildman–Crippen LogP) is 2.59. The number of amides is 1. The molecule has 2 heteroatoms. The van der Waals surface area contributed by atoms with Crippen molar-refractivity contribution in [1.29, 1.82) is 0 Å². The zero-order chi connectivity index (χ0) is 11.0. The third-order valence-corrected chi connectivity index (χ3v) is 1.95. The van der Waals surface area contributed by atoms with Crippen LogP contribution in [0.3, 0.4) is 0 Å². The monoisotopic (exact) mass is 193 g/mol. The standard InChI is InChI=1S/C12H19NO/c1-5-7-12(10(3)6-2)8-9-13-11(4)14/h5-7H,2,8-9H2,1,3-4H3,(H,13,14)/b7-5-,12-10+. The van der Waals surface area contributed by atoms with Crippen molar-refractivity contribution in [3.63, 3.8) is 0 Å². The van der Waals surface area contributed by atoms with E-state index in [9.17, 15) is 4.79 Å². The molecular weight excluding hydrogens is 174 g/mol. The largest absolute Gasteiger partial charge is 0.356 e. The second-order valence-electron chi connectivity index (χ2n) is 3.15. The Morgan fingerprint density at radius 1 is 1.43 bits per heavy atom. The minimum absolute atomic E-state index is 0.0149. The van der Waals surface area contributed by atoms with E-state index in [2.05, 4.69) is 18.0 Å². The van der Waals surface area contributed by atoms with Gasteiger partial charge in [0.15, 0.2) is 0 Å². The number of hydrogen-bond acceptors (Lipinski definition) is 1. The highest BCUT2D eigenvalue weighted by Crippen LogP contribution is 2.10. The average Bonchev–Trinajstić information content (AvgIpc) is 2.15. The molecule has 0 unspecified atom stereocenters. The maximum atomic E-state index is 10.7. The summed E-state index contributed by atoms with van der Waals surface area (Å²) in [6.07, 6.45) is 6.74. The first-order valence-electron chi connectivity index (χ1n) is 4.81. The molecule has 0 bridgehead atoms. The van der Waals surface area contributed by atoms with Crippen molar-refractivity contribution in [1.82, 2.24) is 5.32 Å². The second-order valence-corrected chi connectivity index (χ2v) is 3.15. The smallest absolute Gasteiger partial charge is 0.216 e. The van der Waals surface area contributed by atoms with Crippen molar-refractivity contribution in [3.05, 3.63) is 36.0 Å². The number of carbonyl (C=O) groups excluding carboxylic acids is 1. The van der Waals surface area contributed by atoms with Gasteiger partial charge in [-0.05, 0) is 31.4 Å². The molecule has 0 aliphatic heterocycles. The van der Waals surface area contributed by atoms with Gasteiger partial charge in [-0.2, -0.15) is 0 Å². The Hall–Kier alpha value is -1.31. The lowest BCUT2D eigenvalue weighted by Gasteiger charge is -2.05. The SMILES string of the molecule is C=C/C(C)=C(\C=C/C)CCNC(C)=O. The molecule has 1 amide bonds. The Bertz CT molecular complexity index is 261. The number of allylic oxidation sites excluding steroid dienone is 4. The van der Waals surface area contributed by atoms with Crippen LogP contribution >= 0.6 is 0 Å². The predicted molar refractivity (Wildman–Crippen MR) is 61.0 cm³/mol. The van der Waals surface area contributed by atoms with E-state index in [4.69, 9.17) is 0 Å². The number of hydrogen-bond donors (Lipinski definition) is 1. The van der Waals surface area contributed by atoms with Crippen LogP contribution in [0.15, 0.2) is 36.0 Å². The molecular formula is C12H19NO. The highest BCUT2D eigenvalue weighted by molar-refractivity contribution is 5.72. The first-order valence-corrected chi connectivity index (χ1v) is 4.81. The van der Waals surface area contributed by atoms with Gasteiger partial charge in [0.1, 0.15) is 0 Å². The van der Waals surface area contributed by atoms with Crippen LogP contribution in [0.25, 0.3) is 0 Å². The van der Waals surface area contributed by atoms with E-state index in [1.54, 1.807) is 0 Å². The minimum Gasteiger partial charge on any atom is -0.356 e. The molecule has 0 atom stereocenters. The average molecular weight is 193 g/mol. The van der Waals surface area contributed by atoms with Crippen LogP contribution in [0.4, 0.5) is 0 Å². The molecule has 0 radical (unpaired) electrons. The van der Waals surface area contributed by atoms with Gasteiger partial charge in [0, 0.05) is 13.5 Å². The van der Waals surface area contributed by atoms with Gasteiger partial charge in [0.05, 0.1) is 0 Å². The Morgan fingerprint density at radius 3 is 2.50 bits per heavy atom. The van der Waals surface area contributed by atoms with E-state index in [1.165, 1.54) is 12.5 Å². The van der Waals surface area contributed by atoms with Crippen molar-refractivity contribution in [2.45, 2.75) is 27.2 Å². The normalized spacial score (nSPS) is 12.5. The van der Waals surface area contributed by atoms with E-state index in [0.717, 1.165) is 12.0 Å². The summed E-state index contributed by atoms with van der Waals surface area (Å²) in [5.74, 6) is 0.0149. The molecule has 1 N–H and O–H groups in total. The van der Waals surface area contributed by atoms with E-state index in [0.29, 0.717) is 6.54 Å². The highest BCUT2D eigenvalue weighted by Gasteiger charge is 1.97. The van der Waals surface area contributed by atoms with E-state index >= 15 is 0 Å². The van der Waals surface area contributed by atoms with Crippen LogP contribution in [-0.4, -0.2) is 12.5 Å². The van der Waals surface area contributed by atoms with Gasteiger partial charge in [-0.3, -0.25) is 4.79 Å². The Kier molecular flexibility index (Phi) is 6.46. The van der Waals surface area contributed by atoms with Gasteiger partial charge in [0.25, 0.3) is 0 Å². The van der Waals surface area contributed by atoms with E-state index < -0.39 is 0 Å². The van der Waals surface area contributed by atoms with Crippen LogP contribution in [-0.2, 0) is 4.79 Å². The summed E-state index contributed by atoms with van der Waals surface area (Å²) in [5.41, 5.74) is 2.38. The Balaban J connectivity index is 4.25. The van der Waals surface area contributed by atoms with Gasteiger partial charge >= 0.3 is 0 Å². The lowest BCUT2D eigenvalue weighted by Crippen LogP contribution is -2.21. The topological polar surface area (TPSA) is 29.1 Å². The third-order valence-electron chi connectivity index (χ3n) is 1.95. The summed E-state index contributed by atoms with van der Waals surface area (Å²) in [6, 6.07) is 0. The minimum atomic E-state index is 0.0149. The summed E-state index contributed by atoms with van der Waals surface area (Å²) in [7, 11) is 0. The van der Waals surface area contributed by atoms with Gasteiger partial charge < -0.3 is 5.32 Å². The molecule has 0 aromatic carbocycles. The van der Waals surface area contributed by atoms with Crippen LogP contribution < -0.4 is 5.32 Å². The summed E-state index contributed by atoms with van der Waals surface area (Å²) >= 11 is 0. The quantitative estimate of drug-likeness (QED) is 0.668. The maximum Gasteiger partial charge on any atom is 0.216 e. The van der Waals surface area contributed by atoms with Crippen molar-refractivity contribution in [2.24, 2.45) is 0 Å². The lowest BCUT2D eigenvalue weighted by molar-refractivity contribution is -0.118. The first-order chi connectivity index (χ1) is 6.61. The highest BCUT2D eigenvalue weighted by atomic mass is 16.1. The second kappa shape index (κ2) is 7.13. The fourth-order valence-corrected chi connectivity index (χ4v) is 1.12. The molecule has 0 heterocycles. The molecule has 0 aliphatic carbocycles. The van der Waals surface area contributed by atoms with Crippen molar-refractivity contribution in [3.8, 4) is 0 Å². The van der Waals surface area contributed by atoms with Crippen LogP contribution in [0.2, 0.25) is 0 Å². The summed E-state index contributed by atoms with van der Waals surface area (Å²) < 4.78 is 0. The molecule has 0 spiro atoms. The van der Waals surface area contributed by atoms with Crippen LogP contribution in [0.1, 0.15) is 27.2 Å².